The van der Waals surface area contributed by atoms with E-state index in [1.54, 1.807) is 6.07 Å². The maximum atomic E-state index is 12.7. The van der Waals surface area contributed by atoms with Crippen LogP contribution in [0, 0.1) is 0 Å². The van der Waals surface area contributed by atoms with Crippen LogP contribution < -0.4 is 5.73 Å². The molecule has 0 bridgehead atoms. The van der Waals surface area contributed by atoms with Crippen molar-refractivity contribution in [2.24, 2.45) is 0 Å². The predicted octanol–water partition coefficient (Wildman–Crippen LogP) is 2.08. The lowest BCUT2D eigenvalue weighted by Crippen LogP contribution is -2.47. The molecule has 1 aromatic rings. The summed E-state index contributed by atoms with van der Waals surface area (Å²) >= 11 is 0. The average molecular weight is 310 g/mol. The Balaban J connectivity index is 2.41. The molecule has 1 saturated heterocycles. The van der Waals surface area contributed by atoms with Crippen LogP contribution in [0.2, 0.25) is 0 Å². The van der Waals surface area contributed by atoms with Gasteiger partial charge in [-0.3, -0.25) is 4.79 Å². The minimum Gasteiger partial charge on any atom is -0.399 e. The molecule has 116 valence electrons. The first-order chi connectivity index (χ1) is 9.70. The fourth-order valence-corrected chi connectivity index (χ4v) is 3.62. The van der Waals surface area contributed by atoms with Gasteiger partial charge in [0.05, 0.1) is 4.90 Å². The fourth-order valence-electron chi connectivity index (χ4n) is 2.93. The van der Waals surface area contributed by atoms with E-state index in [-0.39, 0.29) is 22.9 Å². The molecule has 0 radical (unpaired) electrons. The minimum absolute atomic E-state index is 0.0863. The van der Waals surface area contributed by atoms with Gasteiger partial charge in [-0.15, -0.1) is 0 Å². The molecule has 1 aromatic carbocycles. The summed E-state index contributed by atoms with van der Waals surface area (Å²) in [6, 6.07) is 4.66. The van der Waals surface area contributed by atoms with E-state index in [2.05, 4.69) is 0 Å². The number of piperidine rings is 1. The summed E-state index contributed by atoms with van der Waals surface area (Å²) in [5.41, 5.74) is 6.39. The SMILES string of the molecule is C[C@@H]1CCC[C@H](C)N1C(=O)c1cc(N)cc(S(C)(=O)=O)c1. The van der Waals surface area contributed by atoms with Gasteiger partial charge < -0.3 is 10.6 Å². The smallest absolute Gasteiger partial charge is 0.254 e. The van der Waals surface area contributed by atoms with E-state index in [0.29, 0.717) is 11.3 Å². The molecular formula is C15H22N2O3S. The zero-order chi connectivity index (χ0) is 15.8. The molecule has 1 aliphatic heterocycles. The van der Waals surface area contributed by atoms with E-state index in [0.717, 1.165) is 25.5 Å². The van der Waals surface area contributed by atoms with Crippen molar-refractivity contribution in [3.63, 3.8) is 0 Å². The molecule has 2 atom stereocenters. The lowest BCUT2D eigenvalue weighted by atomic mass is 9.96. The number of nitrogens with zero attached hydrogens (tertiary/aromatic N) is 1. The van der Waals surface area contributed by atoms with Crippen LogP contribution in [0.4, 0.5) is 5.69 Å². The number of nitrogen functional groups attached to an aromatic ring is 1. The zero-order valence-corrected chi connectivity index (χ0v) is 13.5. The monoisotopic (exact) mass is 310 g/mol. The second-order valence-electron chi connectivity index (χ2n) is 5.90. The highest BCUT2D eigenvalue weighted by Gasteiger charge is 2.30. The van der Waals surface area contributed by atoms with Gasteiger partial charge in [-0.05, 0) is 51.3 Å². The Hall–Kier alpha value is -1.56. The number of carbonyl (C=O) groups excluding carboxylic acids is 1. The molecule has 1 aliphatic rings. The van der Waals surface area contributed by atoms with Crippen molar-refractivity contribution in [1.82, 2.24) is 4.90 Å². The predicted molar refractivity (Wildman–Crippen MR) is 82.9 cm³/mol. The Bertz CT molecular complexity index is 645. The maximum Gasteiger partial charge on any atom is 0.254 e. The van der Waals surface area contributed by atoms with Crippen molar-refractivity contribution >= 4 is 21.4 Å². The second-order valence-corrected chi connectivity index (χ2v) is 7.92. The molecular weight excluding hydrogens is 288 g/mol. The third-order valence-corrected chi connectivity index (χ3v) is 5.12. The van der Waals surface area contributed by atoms with Crippen molar-refractivity contribution in [2.75, 3.05) is 12.0 Å². The van der Waals surface area contributed by atoms with Crippen molar-refractivity contribution in [3.05, 3.63) is 23.8 Å². The van der Waals surface area contributed by atoms with Gasteiger partial charge in [-0.1, -0.05) is 0 Å². The molecule has 6 heteroatoms. The van der Waals surface area contributed by atoms with Gasteiger partial charge in [-0.2, -0.15) is 0 Å². The minimum atomic E-state index is -3.39. The molecule has 0 aliphatic carbocycles. The van der Waals surface area contributed by atoms with Crippen LogP contribution in [0.15, 0.2) is 23.1 Å². The number of likely N-dealkylation sites (tertiary alicyclic amines) is 1. The number of nitrogens with two attached hydrogens (primary N) is 1. The Morgan fingerprint density at radius 1 is 1.19 bits per heavy atom. The van der Waals surface area contributed by atoms with Gasteiger partial charge in [0.15, 0.2) is 9.84 Å². The largest absolute Gasteiger partial charge is 0.399 e. The van der Waals surface area contributed by atoms with Crippen molar-refractivity contribution in [2.45, 2.75) is 50.1 Å². The Kier molecular flexibility index (Phi) is 4.27. The van der Waals surface area contributed by atoms with Gasteiger partial charge in [-0.25, -0.2) is 8.42 Å². The Morgan fingerprint density at radius 3 is 2.29 bits per heavy atom. The summed E-state index contributed by atoms with van der Waals surface area (Å²) in [5.74, 6) is -0.146. The second kappa shape index (κ2) is 5.67. The van der Waals surface area contributed by atoms with Crippen LogP contribution in [0.25, 0.3) is 0 Å². The number of hydrogen-bond donors (Lipinski definition) is 1. The first-order valence-electron chi connectivity index (χ1n) is 7.13. The average Bonchev–Trinajstić information content (AvgIpc) is 2.36. The summed E-state index contributed by atoms with van der Waals surface area (Å²) in [6.07, 6.45) is 4.16. The molecule has 2 N–H and O–H groups in total. The molecule has 0 saturated carbocycles. The van der Waals surface area contributed by atoms with E-state index in [1.807, 2.05) is 18.7 Å². The first-order valence-corrected chi connectivity index (χ1v) is 9.02. The van der Waals surface area contributed by atoms with Gasteiger partial charge in [0.1, 0.15) is 0 Å². The lowest BCUT2D eigenvalue weighted by molar-refractivity contribution is 0.0510. The number of anilines is 1. The summed E-state index contributed by atoms with van der Waals surface area (Å²) in [4.78, 5) is 14.7. The maximum absolute atomic E-state index is 12.7. The Labute approximate surface area is 126 Å². The molecule has 1 fully saturated rings. The molecule has 0 spiro atoms. The first kappa shape index (κ1) is 15.8. The lowest BCUT2D eigenvalue weighted by Gasteiger charge is -2.39. The number of hydrogen-bond acceptors (Lipinski definition) is 4. The van der Waals surface area contributed by atoms with E-state index in [4.69, 9.17) is 5.73 Å². The van der Waals surface area contributed by atoms with E-state index in [9.17, 15) is 13.2 Å². The van der Waals surface area contributed by atoms with Crippen LogP contribution in [-0.4, -0.2) is 37.6 Å². The van der Waals surface area contributed by atoms with Crippen molar-refractivity contribution in [1.29, 1.82) is 0 Å². The number of carbonyl (C=O) groups is 1. The summed E-state index contributed by atoms with van der Waals surface area (Å²) in [7, 11) is -3.39. The van der Waals surface area contributed by atoms with E-state index in [1.165, 1.54) is 12.1 Å². The van der Waals surface area contributed by atoms with Crippen LogP contribution in [0.5, 0.6) is 0 Å². The number of sulfone groups is 1. The van der Waals surface area contributed by atoms with Crippen LogP contribution in [0.1, 0.15) is 43.5 Å². The number of amides is 1. The van der Waals surface area contributed by atoms with Crippen molar-refractivity contribution in [3.8, 4) is 0 Å². The summed E-state index contributed by atoms with van der Waals surface area (Å²) in [5, 5.41) is 0. The Morgan fingerprint density at radius 2 is 1.76 bits per heavy atom. The highest BCUT2D eigenvalue weighted by Crippen LogP contribution is 2.26. The fraction of sp³-hybridized carbons (Fsp3) is 0.533. The molecule has 0 unspecified atom stereocenters. The molecule has 1 heterocycles. The van der Waals surface area contributed by atoms with Gasteiger partial charge in [0.25, 0.3) is 5.91 Å². The normalized spacial score (nSPS) is 23.1. The van der Waals surface area contributed by atoms with Crippen LogP contribution in [0.3, 0.4) is 0 Å². The molecule has 5 nitrogen and oxygen atoms in total. The zero-order valence-electron chi connectivity index (χ0n) is 12.7. The van der Waals surface area contributed by atoms with Crippen LogP contribution >= 0.6 is 0 Å². The van der Waals surface area contributed by atoms with E-state index >= 15 is 0 Å². The van der Waals surface area contributed by atoms with Gasteiger partial charge in [0.2, 0.25) is 0 Å². The summed E-state index contributed by atoms with van der Waals surface area (Å²) in [6.45, 7) is 4.05. The van der Waals surface area contributed by atoms with Crippen molar-refractivity contribution < 1.29 is 13.2 Å². The van der Waals surface area contributed by atoms with Gasteiger partial charge in [0, 0.05) is 29.6 Å². The molecule has 1 amide bonds. The number of rotatable bonds is 2. The molecule has 0 aromatic heterocycles. The third kappa shape index (κ3) is 3.37. The standard InChI is InChI=1S/C15H22N2O3S/c1-10-5-4-6-11(2)17(10)15(18)12-7-13(16)9-14(8-12)21(3,19)20/h7-11H,4-6,16H2,1-3H3/t10-,11+. The number of benzene rings is 1. The topological polar surface area (TPSA) is 80.5 Å². The van der Waals surface area contributed by atoms with Crippen LogP contribution in [-0.2, 0) is 9.84 Å². The third-order valence-electron chi connectivity index (χ3n) is 4.03. The highest BCUT2D eigenvalue weighted by molar-refractivity contribution is 7.90. The molecule has 21 heavy (non-hydrogen) atoms. The highest BCUT2D eigenvalue weighted by atomic mass is 32.2. The summed E-state index contributed by atoms with van der Waals surface area (Å²) < 4.78 is 23.4. The quantitative estimate of drug-likeness (QED) is 0.848. The molecule has 2 rings (SSSR count). The van der Waals surface area contributed by atoms with E-state index < -0.39 is 9.84 Å². The van der Waals surface area contributed by atoms with Gasteiger partial charge >= 0.3 is 0 Å².